The third-order valence-electron chi connectivity index (χ3n) is 8.61. The fourth-order valence-corrected chi connectivity index (χ4v) is 12.1. The van der Waals surface area contributed by atoms with E-state index in [0.717, 1.165) is 0 Å². The molecule has 2 aliphatic carbocycles. The van der Waals surface area contributed by atoms with Crippen LogP contribution in [0.25, 0.3) is 22.3 Å². The van der Waals surface area contributed by atoms with Gasteiger partial charge in [0.2, 0.25) is 0 Å². The minimum absolute atomic E-state index is 0.445. The van der Waals surface area contributed by atoms with Crippen molar-refractivity contribution in [3.63, 3.8) is 0 Å². The molecule has 0 amide bonds. The molecule has 0 saturated carbocycles. The fraction of sp³-hybridized carbons (Fsp3) is 0.257. The molecule has 4 aromatic rings. The standard InChI is InChI=1S/C35H36Si/c1-3-4-5-6-7-16-25-36(2,34-30-21-12-8-17-26(30)27-18-9-13-22-31(27)34)35-32-23-14-10-19-28(32)29-20-11-15-24-33(29)35/h8-25,34-35H,3-7H2,1-2H3/b25-16+. The summed E-state index contributed by atoms with van der Waals surface area (Å²) in [4.78, 5) is 0. The van der Waals surface area contributed by atoms with E-state index in [1.807, 2.05) is 0 Å². The maximum atomic E-state index is 2.74. The monoisotopic (exact) mass is 484 g/mol. The summed E-state index contributed by atoms with van der Waals surface area (Å²) >= 11 is 0. The quantitative estimate of drug-likeness (QED) is 0.172. The van der Waals surface area contributed by atoms with E-state index in [4.69, 9.17) is 0 Å². The van der Waals surface area contributed by atoms with Crippen LogP contribution in [0.4, 0.5) is 0 Å². The Labute approximate surface area is 217 Å². The van der Waals surface area contributed by atoms with Gasteiger partial charge < -0.3 is 0 Å². The molecule has 0 spiro atoms. The van der Waals surface area contributed by atoms with Crippen molar-refractivity contribution in [3.05, 3.63) is 131 Å². The van der Waals surface area contributed by atoms with Crippen LogP contribution in [0.2, 0.25) is 6.55 Å². The van der Waals surface area contributed by atoms with Crippen LogP contribution in [-0.2, 0) is 0 Å². The number of benzene rings is 4. The maximum absolute atomic E-state index is 2.74. The Morgan fingerprint density at radius 1 is 0.556 bits per heavy atom. The van der Waals surface area contributed by atoms with E-state index in [1.54, 1.807) is 0 Å². The summed E-state index contributed by atoms with van der Waals surface area (Å²) in [6, 6.07) is 36.8. The van der Waals surface area contributed by atoms with E-state index < -0.39 is 8.07 Å². The van der Waals surface area contributed by atoms with Gasteiger partial charge in [0.15, 0.2) is 0 Å². The summed E-state index contributed by atoms with van der Waals surface area (Å²) in [5.41, 5.74) is 15.5. The highest BCUT2D eigenvalue weighted by molar-refractivity contribution is 6.87. The van der Waals surface area contributed by atoms with Gasteiger partial charge in [-0.15, -0.1) is 0 Å². The smallest absolute Gasteiger partial charge is 0.0967 e. The molecule has 0 unspecified atom stereocenters. The van der Waals surface area contributed by atoms with Crippen molar-refractivity contribution in [1.29, 1.82) is 0 Å². The maximum Gasteiger partial charge on any atom is 0.0986 e. The molecule has 0 fully saturated rings. The molecule has 0 bridgehead atoms. The lowest BCUT2D eigenvalue weighted by Gasteiger charge is -2.39. The Morgan fingerprint density at radius 2 is 0.944 bits per heavy atom. The minimum Gasteiger partial charge on any atom is -0.0967 e. The lowest BCUT2D eigenvalue weighted by atomic mass is 10.1. The molecule has 0 nitrogen and oxygen atoms in total. The van der Waals surface area contributed by atoms with Gasteiger partial charge in [-0.3, -0.25) is 0 Å². The first-order valence-electron chi connectivity index (χ1n) is 13.8. The Kier molecular flexibility index (Phi) is 6.27. The number of rotatable bonds is 8. The summed E-state index contributed by atoms with van der Waals surface area (Å²) in [5.74, 6) is 0. The van der Waals surface area contributed by atoms with Crippen molar-refractivity contribution in [2.24, 2.45) is 0 Å². The lowest BCUT2D eigenvalue weighted by Crippen LogP contribution is -2.43. The van der Waals surface area contributed by atoms with E-state index >= 15 is 0 Å². The fourth-order valence-electron chi connectivity index (χ4n) is 7.04. The summed E-state index contributed by atoms with van der Waals surface area (Å²) in [5, 5.41) is 0. The summed E-state index contributed by atoms with van der Waals surface area (Å²) in [6.45, 7) is 4.96. The molecule has 0 radical (unpaired) electrons. The molecule has 0 aliphatic heterocycles. The molecule has 180 valence electrons. The average Bonchev–Trinajstić information content (AvgIpc) is 3.45. The zero-order valence-corrected chi connectivity index (χ0v) is 22.6. The minimum atomic E-state index is -2.14. The molecule has 0 atom stereocenters. The van der Waals surface area contributed by atoms with Crippen molar-refractivity contribution in [3.8, 4) is 22.3 Å². The van der Waals surface area contributed by atoms with Crippen LogP contribution in [-0.4, -0.2) is 8.07 Å². The molecule has 0 N–H and O–H groups in total. The van der Waals surface area contributed by atoms with E-state index in [2.05, 4.69) is 122 Å². The summed E-state index contributed by atoms with van der Waals surface area (Å²) in [6.07, 6.45) is 9.02. The van der Waals surface area contributed by atoms with Gasteiger partial charge >= 0.3 is 0 Å². The normalized spacial score (nSPS) is 14.6. The molecule has 0 aromatic heterocycles. The Balaban J connectivity index is 1.54. The van der Waals surface area contributed by atoms with Crippen LogP contribution >= 0.6 is 0 Å². The largest absolute Gasteiger partial charge is 0.0986 e. The number of unbranched alkanes of at least 4 members (excludes halogenated alkanes) is 4. The number of fused-ring (bicyclic) bond motifs is 6. The molecule has 2 aliphatic rings. The average molecular weight is 485 g/mol. The zero-order valence-electron chi connectivity index (χ0n) is 21.6. The van der Waals surface area contributed by atoms with Gasteiger partial charge in [-0.05, 0) is 57.3 Å². The van der Waals surface area contributed by atoms with Gasteiger partial charge in [0.1, 0.15) is 0 Å². The van der Waals surface area contributed by atoms with Crippen LogP contribution in [0.1, 0.15) is 72.4 Å². The van der Waals surface area contributed by atoms with Crippen molar-refractivity contribution >= 4 is 8.07 Å². The van der Waals surface area contributed by atoms with Gasteiger partial charge in [-0.1, -0.05) is 142 Å². The number of hydrogen-bond acceptors (Lipinski definition) is 0. The highest BCUT2D eigenvalue weighted by Gasteiger charge is 2.50. The van der Waals surface area contributed by atoms with E-state index in [-0.39, 0.29) is 0 Å². The molecule has 0 saturated heterocycles. The van der Waals surface area contributed by atoms with Crippen molar-refractivity contribution in [2.75, 3.05) is 0 Å². The van der Waals surface area contributed by atoms with Gasteiger partial charge in [-0.25, -0.2) is 0 Å². The van der Waals surface area contributed by atoms with Gasteiger partial charge in [0.05, 0.1) is 8.07 Å². The lowest BCUT2D eigenvalue weighted by molar-refractivity contribution is 0.674. The molecular weight excluding hydrogens is 448 g/mol. The second kappa shape index (κ2) is 9.71. The van der Waals surface area contributed by atoms with E-state index in [9.17, 15) is 0 Å². The predicted octanol–water partition coefficient (Wildman–Crippen LogP) is 9.83. The highest BCUT2D eigenvalue weighted by atomic mass is 28.3. The van der Waals surface area contributed by atoms with Crippen molar-refractivity contribution in [2.45, 2.75) is 56.7 Å². The molecule has 0 heterocycles. The second-order valence-electron chi connectivity index (χ2n) is 10.8. The van der Waals surface area contributed by atoms with Crippen LogP contribution in [0.5, 0.6) is 0 Å². The first-order chi connectivity index (χ1) is 17.7. The Bertz CT molecular complexity index is 1230. The van der Waals surface area contributed by atoms with E-state index in [0.29, 0.717) is 11.1 Å². The first kappa shape index (κ1) is 23.2. The SMILES string of the molecule is CCCCCC/C=C/[Si](C)(C1c2ccccc2-c2ccccc21)C1c2ccccc2-c2ccccc21. The van der Waals surface area contributed by atoms with Crippen LogP contribution in [0.15, 0.2) is 109 Å². The van der Waals surface area contributed by atoms with E-state index in [1.165, 1.54) is 76.6 Å². The summed E-state index contributed by atoms with van der Waals surface area (Å²) in [7, 11) is -2.14. The topological polar surface area (TPSA) is 0 Å². The van der Waals surface area contributed by atoms with Crippen molar-refractivity contribution < 1.29 is 0 Å². The third kappa shape index (κ3) is 3.73. The van der Waals surface area contributed by atoms with Crippen LogP contribution in [0.3, 0.4) is 0 Å². The number of allylic oxidation sites excluding steroid dienone is 1. The molecular formula is C35H36Si. The van der Waals surface area contributed by atoms with Gasteiger partial charge in [0.25, 0.3) is 0 Å². The molecule has 36 heavy (non-hydrogen) atoms. The zero-order chi connectivity index (χ0) is 24.5. The third-order valence-corrected chi connectivity index (χ3v) is 13.3. The molecule has 1 heteroatoms. The Hall–Kier alpha value is -3.16. The molecule has 4 aromatic carbocycles. The second-order valence-corrected chi connectivity index (χ2v) is 15.1. The van der Waals surface area contributed by atoms with Gasteiger partial charge in [0, 0.05) is 11.1 Å². The number of hydrogen-bond donors (Lipinski definition) is 0. The molecule has 6 rings (SSSR count). The predicted molar refractivity (Wildman–Crippen MR) is 157 cm³/mol. The van der Waals surface area contributed by atoms with Crippen molar-refractivity contribution in [1.82, 2.24) is 0 Å². The van der Waals surface area contributed by atoms with Crippen LogP contribution < -0.4 is 0 Å². The highest BCUT2D eigenvalue weighted by Crippen LogP contribution is 2.57. The Morgan fingerprint density at radius 3 is 1.33 bits per heavy atom. The first-order valence-corrected chi connectivity index (χ1v) is 16.5. The van der Waals surface area contributed by atoms with Crippen LogP contribution in [0, 0.1) is 0 Å². The summed E-state index contributed by atoms with van der Waals surface area (Å²) < 4.78 is 0. The van der Waals surface area contributed by atoms with Gasteiger partial charge in [-0.2, -0.15) is 0 Å².